The fourth-order valence-electron chi connectivity index (χ4n) is 1.57. The fraction of sp³-hybridized carbons (Fsp3) is 1.00. The van der Waals surface area contributed by atoms with Crippen LogP contribution in [0.25, 0.3) is 0 Å². The summed E-state index contributed by atoms with van der Waals surface area (Å²) in [6.07, 6.45) is 4.10. The molecule has 0 aromatic heterocycles. The van der Waals surface area contributed by atoms with Gasteiger partial charge in [0, 0.05) is 4.83 Å². The maximum absolute atomic E-state index is 3.66. The SMILES string of the molecule is C.CC1CC(P)CC(Br)C1. The molecule has 0 amide bonds. The van der Waals surface area contributed by atoms with Crippen LogP contribution in [0.5, 0.6) is 0 Å². The summed E-state index contributed by atoms with van der Waals surface area (Å²) in [5.41, 5.74) is 0.859. The Morgan fingerprint density at radius 1 is 1.30 bits per heavy atom. The highest BCUT2D eigenvalue weighted by Gasteiger charge is 2.21. The van der Waals surface area contributed by atoms with Crippen molar-refractivity contribution in [1.29, 1.82) is 0 Å². The molecule has 0 bridgehead atoms. The second-order valence-electron chi connectivity index (χ2n) is 3.17. The van der Waals surface area contributed by atoms with Crippen molar-refractivity contribution in [2.75, 3.05) is 0 Å². The van der Waals surface area contributed by atoms with Crippen LogP contribution in [0.2, 0.25) is 0 Å². The first-order chi connectivity index (χ1) is 4.18. The molecule has 2 heteroatoms. The van der Waals surface area contributed by atoms with Gasteiger partial charge in [0.15, 0.2) is 0 Å². The van der Waals surface area contributed by atoms with Crippen LogP contribution in [0.1, 0.15) is 33.6 Å². The van der Waals surface area contributed by atoms with E-state index in [2.05, 4.69) is 32.1 Å². The molecule has 10 heavy (non-hydrogen) atoms. The number of alkyl halides is 1. The molecule has 1 rings (SSSR count). The lowest BCUT2D eigenvalue weighted by atomic mass is 9.90. The third-order valence-electron chi connectivity index (χ3n) is 1.92. The molecule has 4 unspecified atom stereocenters. The smallest absolute Gasteiger partial charge is 0.0154 e. The average molecular weight is 225 g/mol. The summed E-state index contributed by atoms with van der Waals surface area (Å²) >= 11 is 3.66. The van der Waals surface area contributed by atoms with E-state index in [1.54, 1.807) is 0 Å². The molecule has 0 spiro atoms. The summed E-state index contributed by atoms with van der Waals surface area (Å²) in [6.45, 7) is 2.34. The van der Waals surface area contributed by atoms with Crippen molar-refractivity contribution in [2.45, 2.75) is 44.1 Å². The zero-order valence-corrected chi connectivity index (χ0v) is 8.55. The van der Waals surface area contributed by atoms with Crippen molar-refractivity contribution in [1.82, 2.24) is 0 Å². The van der Waals surface area contributed by atoms with Crippen molar-refractivity contribution in [2.24, 2.45) is 5.92 Å². The molecule has 0 saturated heterocycles. The van der Waals surface area contributed by atoms with Crippen LogP contribution >= 0.6 is 25.2 Å². The van der Waals surface area contributed by atoms with Crippen LogP contribution in [0.3, 0.4) is 0 Å². The van der Waals surface area contributed by atoms with Crippen LogP contribution in [-0.2, 0) is 0 Å². The Balaban J connectivity index is 0.000000810. The van der Waals surface area contributed by atoms with Gasteiger partial charge >= 0.3 is 0 Å². The number of rotatable bonds is 0. The molecule has 1 fully saturated rings. The van der Waals surface area contributed by atoms with Gasteiger partial charge in [-0.05, 0) is 30.8 Å². The Hall–Kier alpha value is 0.910. The summed E-state index contributed by atoms with van der Waals surface area (Å²) in [7, 11) is 2.92. The minimum Gasteiger partial charge on any atom is -0.134 e. The first kappa shape index (κ1) is 10.9. The first-order valence-electron chi connectivity index (χ1n) is 3.58. The molecular formula is C8H18BrP. The van der Waals surface area contributed by atoms with Crippen LogP contribution in [0.15, 0.2) is 0 Å². The second-order valence-corrected chi connectivity index (χ2v) is 5.41. The summed E-state index contributed by atoms with van der Waals surface area (Å²) in [5, 5.41) is 0. The van der Waals surface area contributed by atoms with Gasteiger partial charge in [-0.15, -0.1) is 9.24 Å². The Bertz CT molecular complexity index is 70.2. The molecular weight excluding hydrogens is 207 g/mol. The maximum atomic E-state index is 3.66. The highest BCUT2D eigenvalue weighted by Crippen LogP contribution is 2.32. The molecule has 0 N–H and O–H groups in total. The molecule has 1 aliphatic rings. The van der Waals surface area contributed by atoms with E-state index in [4.69, 9.17) is 0 Å². The zero-order valence-electron chi connectivity index (χ0n) is 5.81. The van der Waals surface area contributed by atoms with Gasteiger partial charge in [-0.2, -0.15) is 0 Å². The van der Waals surface area contributed by atoms with E-state index < -0.39 is 0 Å². The molecule has 0 nitrogen and oxygen atoms in total. The number of hydrogen-bond donors (Lipinski definition) is 0. The van der Waals surface area contributed by atoms with E-state index in [0.717, 1.165) is 16.4 Å². The van der Waals surface area contributed by atoms with E-state index >= 15 is 0 Å². The van der Waals surface area contributed by atoms with Crippen molar-refractivity contribution in [3.05, 3.63) is 0 Å². The Morgan fingerprint density at radius 2 is 1.90 bits per heavy atom. The molecule has 62 valence electrons. The minimum absolute atomic E-state index is 0. The topological polar surface area (TPSA) is 0 Å². The van der Waals surface area contributed by atoms with Crippen LogP contribution in [-0.4, -0.2) is 10.5 Å². The van der Waals surface area contributed by atoms with Crippen LogP contribution in [0, 0.1) is 5.92 Å². The van der Waals surface area contributed by atoms with E-state index in [9.17, 15) is 0 Å². The fourth-order valence-corrected chi connectivity index (χ4v) is 3.88. The van der Waals surface area contributed by atoms with E-state index in [1.807, 2.05) is 0 Å². The average Bonchev–Trinajstić information content (AvgIpc) is 1.59. The Morgan fingerprint density at radius 3 is 2.30 bits per heavy atom. The predicted octanol–water partition coefficient (Wildman–Crippen LogP) is 3.45. The molecule has 0 heterocycles. The van der Waals surface area contributed by atoms with Gasteiger partial charge in [0.25, 0.3) is 0 Å². The van der Waals surface area contributed by atoms with Gasteiger partial charge in [-0.25, -0.2) is 0 Å². The maximum Gasteiger partial charge on any atom is 0.0154 e. The molecule has 0 aromatic rings. The van der Waals surface area contributed by atoms with Gasteiger partial charge in [0.2, 0.25) is 0 Å². The summed E-state index contributed by atoms with van der Waals surface area (Å²) < 4.78 is 0. The molecule has 1 saturated carbocycles. The van der Waals surface area contributed by atoms with Gasteiger partial charge in [-0.1, -0.05) is 30.3 Å². The van der Waals surface area contributed by atoms with Crippen molar-refractivity contribution < 1.29 is 0 Å². The highest BCUT2D eigenvalue weighted by molar-refractivity contribution is 9.09. The molecule has 4 atom stereocenters. The molecule has 0 aliphatic heterocycles. The monoisotopic (exact) mass is 224 g/mol. The molecule has 0 aromatic carbocycles. The van der Waals surface area contributed by atoms with Gasteiger partial charge < -0.3 is 0 Å². The lowest BCUT2D eigenvalue weighted by molar-refractivity contribution is 0.406. The lowest BCUT2D eigenvalue weighted by Gasteiger charge is -2.27. The normalized spacial score (nSPS) is 40.5. The highest BCUT2D eigenvalue weighted by atomic mass is 79.9. The summed E-state index contributed by atoms with van der Waals surface area (Å²) in [5.74, 6) is 0.922. The molecule has 0 radical (unpaired) electrons. The van der Waals surface area contributed by atoms with Gasteiger partial charge in [-0.3, -0.25) is 0 Å². The predicted molar refractivity (Wildman–Crippen MR) is 56.0 cm³/mol. The largest absolute Gasteiger partial charge is 0.134 e. The zero-order chi connectivity index (χ0) is 6.85. The first-order valence-corrected chi connectivity index (χ1v) is 5.16. The third kappa shape index (κ3) is 3.34. The van der Waals surface area contributed by atoms with Crippen LogP contribution < -0.4 is 0 Å². The van der Waals surface area contributed by atoms with Crippen LogP contribution in [0.4, 0.5) is 0 Å². The lowest BCUT2D eigenvalue weighted by Crippen LogP contribution is -2.20. The standard InChI is InChI=1S/C7H14BrP.CH4/c1-5-2-6(8)4-7(9)3-5;/h5-7H,2-4,9H2,1H3;1H4. The second kappa shape index (κ2) is 4.72. The van der Waals surface area contributed by atoms with E-state index in [0.29, 0.717) is 0 Å². The minimum atomic E-state index is 0. The quantitative estimate of drug-likeness (QED) is 0.437. The van der Waals surface area contributed by atoms with Crippen molar-refractivity contribution in [3.63, 3.8) is 0 Å². The Kier molecular flexibility index (Phi) is 5.15. The van der Waals surface area contributed by atoms with Gasteiger partial charge in [0.05, 0.1) is 0 Å². The molecule has 1 aliphatic carbocycles. The summed E-state index contributed by atoms with van der Waals surface area (Å²) in [4.78, 5) is 0.781. The van der Waals surface area contributed by atoms with Crippen molar-refractivity contribution >= 4 is 25.2 Å². The van der Waals surface area contributed by atoms with Crippen molar-refractivity contribution in [3.8, 4) is 0 Å². The van der Waals surface area contributed by atoms with Gasteiger partial charge in [0.1, 0.15) is 0 Å². The van der Waals surface area contributed by atoms with E-state index in [1.165, 1.54) is 19.3 Å². The Labute approximate surface area is 75.5 Å². The number of halogens is 1. The third-order valence-corrected chi connectivity index (χ3v) is 3.21. The van der Waals surface area contributed by atoms with E-state index in [-0.39, 0.29) is 7.43 Å². The number of hydrogen-bond acceptors (Lipinski definition) is 0. The summed E-state index contributed by atoms with van der Waals surface area (Å²) in [6, 6.07) is 0.